The highest BCUT2D eigenvalue weighted by atomic mass is 16.4. The third-order valence-electron chi connectivity index (χ3n) is 1.91. The number of carbonyl (C=O) groups is 1. The molecule has 2 N–H and O–H groups in total. The first kappa shape index (κ1) is 11.4. The molecule has 0 saturated heterocycles. The summed E-state index contributed by atoms with van der Waals surface area (Å²) in [5.41, 5.74) is 1.72. The Bertz CT molecular complexity index is 354. The van der Waals surface area contributed by atoms with Crippen LogP contribution >= 0.6 is 0 Å². The molecule has 0 aliphatic heterocycles. The molecule has 0 saturated carbocycles. The van der Waals surface area contributed by atoms with Gasteiger partial charge in [0.05, 0.1) is 11.4 Å². The quantitative estimate of drug-likeness (QED) is 0.735. The van der Waals surface area contributed by atoms with Crippen LogP contribution in [0.3, 0.4) is 0 Å². The summed E-state index contributed by atoms with van der Waals surface area (Å²) in [5, 5.41) is 18.8. The lowest BCUT2D eigenvalue weighted by Gasteiger charge is -2.05. The molecule has 6 heteroatoms. The highest BCUT2D eigenvalue weighted by Gasteiger charge is 2.06. The Kier molecular flexibility index (Phi) is 3.96. The zero-order chi connectivity index (χ0) is 11.3. The summed E-state index contributed by atoms with van der Waals surface area (Å²) in [4.78, 5) is 14.5. The van der Waals surface area contributed by atoms with Gasteiger partial charge >= 0.3 is 5.97 Å². The average molecular weight is 210 g/mol. The summed E-state index contributed by atoms with van der Waals surface area (Å²) in [5.74, 6) is -0.678. The summed E-state index contributed by atoms with van der Waals surface area (Å²) in [6.07, 6.45) is 1.54. The number of aliphatic carboxylic acids is 1. The van der Waals surface area contributed by atoms with Crippen LogP contribution in [0.15, 0.2) is 0 Å². The van der Waals surface area contributed by atoms with Gasteiger partial charge in [-0.2, -0.15) is 5.10 Å². The SMILES string of the molecule is CCc1nnc(NCC(=O)O)nc1CC. The van der Waals surface area contributed by atoms with E-state index in [0.29, 0.717) is 0 Å². The molecule has 1 aromatic heterocycles. The van der Waals surface area contributed by atoms with Gasteiger partial charge < -0.3 is 10.4 Å². The first-order valence-corrected chi connectivity index (χ1v) is 4.85. The van der Waals surface area contributed by atoms with E-state index < -0.39 is 5.97 Å². The molecular weight excluding hydrogens is 196 g/mol. The van der Waals surface area contributed by atoms with Gasteiger partial charge in [-0.3, -0.25) is 4.79 Å². The van der Waals surface area contributed by atoms with Gasteiger partial charge in [0.25, 0.3) is 0 Å². The van der Waals surface area contributed by atoms with Crippen LogP contribution in [0.2, 0.25) is 0 Å². The van der Waals surface area contributed by atoms with E-state index in [-0.39, 0.29) is 12.5 Å². The highest BCUT2D eigenvalue weighted by molar-refractivity contribution is 5.71. The molecule has 0 aliphatic carbocycles. The van der Waals surface area contributed by atoms with Crippen LogP contribution < -0.4 is 5.32 Å². The van der Waals surface area contributed by atoms with Gasteiger partial charge in [0.2, 0.25) is 5.95 Å². The third-order valence-corrected chi connectivity index (χ3v) is 1.91. The minimum absolute atomic E-state index is 0.198. The summed E-state index contributed by atoms with van der Waals surface area (Å²) < 4.78 is 0. The van der Waals surface area contributed by atoms with Crippen molar-refractivity contribution < 1.29 is 9.90 Å². The largest absolute Gasteiger partial charge is 0.480 e. The molecule has 0 amide bonds. The van der Waals surface area contributed by atoms with E-state index in [2.05, 4.69) is 20.5 Å². The predicted molar refractivity (Wildman–Crippen MR) is 54.7 cm³/mol. The molecule has 0 bridgehead atoms. The highest BCUT2D eigenvalue weighted by Crippen LogP contribution is 2.06. The fourth-order valence-electron chi connectivity index (χ4n) is 1.17. The monoisotopic (exact) mass is 210 g/mol. The van der Waals surface area contributed by atoms with E-state index in [4.69, 9.17) is 5.11 Å². The standard InChI is InChI=1S/C9H14N4O2/c1-3-6-7(4-2)12-13-9(11-6)10-5-8(14)15/h3-5H2,1-2H3,(H,14,15)(H,10,11,13). The summed E-state index contributed by atoms with van der Waals surface area (Å²) in [7, 11) is 0. The molecule has 0 atom stereocenters. The lowest BCUT2D eigenvalue weighted by atomic mass is 10.2. The molecule has 0 spiro atoms. The number of nitrogens with one attached hydrogen (secondary N) is 1. The maximum absolute atomic E-state index is 10.3. The second-order valence-corrected chi connectivity index (χ2v) is 2.98. The maximum atomic E-state index is 10.3. The summed E-state index contributed by atoms with van der Waals surface area (Å²) in [6, 6.07) is 0. The summed E-state index contributed by atoms with van der Waals surface area (Å²) in [6.45, 7) is 3.76. The molecule has 0 aromatic carbocycles. The lowest BCUT2D eigenvalue weighted by molar-refractivity contribution is -0.134. The number of rotatable bonds is 5. The molecule has 0 unspecified atom stereocenters. The average Bonchev–Trinajstić information content (AvgIpc) is 2.25. The van der Waals surface area contributed by atoms with Gasteiger partial charge in [-0.1, -0.05) is 13.8 Å². The minimum atomic E-state index is -0.948. The van der Waals surface area contributed by atoms with Crippen molar-refractivity contribution in [2.75, 3.05) is 11.9 Å². The molecule has 1 heterocycles. The Labute approximate surface area is 87.8 Å². The van der Waals surface area contributed by atoms with Crippen LogP contribution in [0.1, 0.15) is 25.2 Å². The Balaban J connectivity index is 2.78. The number of hydrogen-bond donors (Lipinski definition) is 2. The van der Waals surface area contributed by atoms with Gasteiger partial charge in [-0.05, 0) is 12.8 Å². The van der Waals surface area contributed by atoms with Gasteiger partial charge in [-0.25, -0.2) is 4.98 Å². The van der Waals surface area contributed by atoms with Crippen LogP contribution in [0, 0.1) is 0 Å². The van der Waals surface area contributed by atoms with Crippen LogP contribution in [0.4, 0.5) is 5.95 Å². The fourth-order valence-corrected chi connectivity index (χ4v) is 1.17. The smallest absolute Gasteiger partial charge is 0.322 e. The van der Waals surface area contributed by atoms with E-state index in [0.717, 1.165) is 24.2 Å². The third kappa shape index (κ3) is 3.16. The Morgan fingerprint density at radius 2 is 1.93 bits per heavy atom. The molecule has 6 nitrogen and oxygen atoms in total. The first-order chi connectivity index (χ1) is 7.17. The van der Waals surface area contributed by atoms with Gasteiger partial charge in [0, 0.05) is 0 Å². The Morgan fingerprint density at radius 1 is 1.27 bits per heavy atom. The number of aromatic nitrogens is 3. The molecule has 15 heavy (non-hydrogen) atoms. The second kappa shape index (κ2) is 5.23. The van der Waals surface area contributed by atoms with E-state index in [1.54, 1.807) is 0 Å². The van der Waals surface area contributed by atoms with Crippen molar-refractivity contribution in [1.29, 1.82) is 0 Å². The summed E-state index contributed by atoms with van der Waals surface area (Å²) >= 11 is 0. The van der Waals surface area contributed by atoms with E-state index >= 15 is 0 Å². The predicted octanol–water partition coefficient (Wildman–Crippen LogP) is 0.493. The minimum Gasteiger partial charge on any atom is -0.480 e. The maximum Gasteiger partial charge on any atom is 0.322 e. The van der Waals surface area contributed by atoms with Crippen molar-refractivity contribution >= 4 is 11.9 Å². The first-order valence-electron chi connectivity index (χ1n) is 4.85. The van der Waals surface area contributed by atoms with Crippen LogP contribution in [-0.4, -0.2) is 32.8 Å². The molecule has 0 aliphatic rings. The van der Waals surface area contributed by atoms with Crippen molar-refractivity contribution in [2.24, 2.45) is 0 Å². The molecule has 0 radical (unpaired) electrons. The molecular formula is C9H14N4O2. The van der Waals surface area contributed by atoms with Gasteiger partial charge in [0.15, 0.2) is 0 Å². The number of hydrogen-bond acceptors (Lipinski definition) is 5. The molecule has 1 aromatic rings. The van der Waals surface area contributed by atoms with Crippen LogP contribution in [-0.2, 0) is 17.6 Å². The van der Waals surface area contributed by atoms with Crippen molar-refractivity contribution in [3.63, 3.8) is 0 Å². The molecule has 82 valence electrons. The number of nitrogens with zero attached hydrogens (tertiary/aromatic N) is 3. The zero-order valence-corrected chi connectivity index (χ0v) is 8.82. The van der Waals surface area contributed by atoms with Crippen LogP contribution in [0.25, 0.3) is 0 Å². The Morgan fingerprint density at radius 3 is 2.47 bits per heavy atom. The van der Waals surface area contributed by atoms with Gasteiger partial charge in [-0.15, -0.1) is 5.10 Å². The second-order valence-electron chi connectivity index (χ2n) is 2.98. The zero-order valence-electron chi connectivity index (χ0n) is 8.82. The van der Waals surface area contributed by atoms with Crippen molar-refractivity contribution in [3.05, 3.63) is 11.4 Å². The van der Waals surface area contributed by atoms with E-state index in [1.165, 1.54) is 0 Å². The number of aryl methyl sites for hydroxylation is 2. The number of carboxylic acid groups (broad SMARTS) is 1. The molecule has 0 fully saturated rings. The normalized spacial score (nSPS) is 10.0. The Hall–Kier alpha value is -1.72. The number of anilines is 1. The van der Waals surface area contributed by atoms with Crippen molar-refractivity contribution in [1.82, 2.24) is 15.2 Å². The number of carboxylic acids is 1. The molecule has 1 rings (SSSR count). The van der Waals surface area contributed by atoms with Crippen molar-refractivity contribution in [2.45, 2.75) is 26.7 Å². The fraction of sp³-hybridized carbons (Fsp3) is 0.556. The van der Waals surface area contributed by atoms with E-state index in [9.17, 15) is 4.79 Å². The van der Waals surface area contributed by atoms with Crippen molar-refractivity contribution in [3.8, 4) is 0 Å². The van der Waals surface area contributed by atoms with Crippen LogP contribution in [0.5, 0.6) is 0 Å². The van der Waals surface area contributed by atoms with E-state index in [1.807, 2.05) is 13.8 Å². The topological polar surface area (TPSA) is 88.0 Å². The lowest BCUT2D eigenvalue weighted by Crippen LogP contribution is -2.16. The van der Waals surface area contributed by atoms with Gasteiger partial charge in [0.1, 0.15) is 6.54 Å².